The van der Waals surface area contributed by atoms with Crippen LogP contribution in [0.25, 0.3) is 0 Å². The molecule has 1 aromatic rings. The second-order valence-electron chi connectivity index (χ2n) is 8.92. The average molecular weight is 373 g/mol. The molecule has 0 unspecified atom stereocenters. The smallest absolute Gasteiger partial charge is 0.0237 e. The van der Waals surface area contributed by atoms with Crippen LogP contribution in [-0.2, 0) is 6.54 Å². The monoisotopic (exact) mass is 372 g/mol. The van der Waals surface area contributed by atoms with E-state index in [-0.39, 0.29) is 0 Å². The van der Waals surface area contributed by atoms with E-state index in [1.165, 1.54) is 88.0 Å². The highest BCUT2D eigenvalue weighted by Gasteiger charge is 2.27. The van der Waals surface area contributed by atoms with Crippen LogP contribution in [0.4, 0.5) is 0 Å². The van der Waals surface area contributed by atoms with Crippen LogP contribution in [0.2, 0.25) is 0 Å². The highest BCUT2D eigenvalue weighted by atomic mass is 32.2. The summed E-state index contributed by atoms with van der Waals surface area (Å²) in [6.07, 6.45) is 11.2. The highest BCUT2D eigenvalue weighted by Crippen LogP contribution is 2.36. The maximum absolute atomic E-state index is 2.74. The minimum atomic E-state index is 0.784. The van der Waals surface area contributed by atoms with Crippen molar-refractivity contribution in [2.24, 2.45) is 5.92 Å². The Hall–Kier alpha value is -0.510. The zero-order valence-electron chi connectivity index (χ0n) is 16.5. The Labute approximate surface area is 164 Å². The van der Waals surface area contributed by atoms with Crippen LogP contribution in [0.15, 0.2) is 29.2 Å². The lowest BCUT2D eigenvalue weighted by Gasteiger charge is -2.28. The molecule has 4 rings (SSSR count). The predicted molar refractivity (Wildman–Crippen MR) is 113 cm³/mol. The summed E-state index contributed by atoms with van der Waals surface area (Å²) in [5, 5.41) is 0.848. The molecule has 2 aliphatic heterocycles. The van der Waals surface area contributed by atoms with Gasteiger partial charge in [0, 0.05) is 29.3 Å². The fraction of sp³-hybridized carbons (Fsp3) is 0.739. The number of likely N-dealkylation sites (tertiary alicyclic amines) is 2. The van der Waals surface area contributed by atoms with Gasteiger partial charge in [-0.1, -0.05) is 19.1 Å². The van der Waals surface area contributed by atoms with Gasteiger partial charge in [-0.25, -0.2) is 0 Å². The second kappa shape index (κ2) is 9.12. The minimum Gasteiger partial charge on any atom is -0.302 e. The summed E-state index contributed by atoms with van der Waals surface area (Å²) >= 11 is 2.12. The molecule has 26 heavy (non-hydrogen) atoms. The van der Waals surface area contributed by atoms with E-state index in [1.54, 1.807) is 0 Å². The van der Waals surface area contributed by atoms with Gasteiger partial charge in [0.1, 0.15) is 0 Å². The number of thioether (sulfide) groups is 1. The molecule has 3 fully saturated rings. The summed E-state index contributed by atoms with van der Waals surface area (Å²) in [5.74, 6) is 0.947. The molecule has 3 heteroatoms. The Balaban J connectivity index is 1.27. The zero-order valence-corrected chi connectivity index (χ0v) is 17.4. The maximum Gasteiger partial charge on any atom is 0.0237 e. The summed E-state index contributed by atoms with van der Waals surface area (Å²) in [6, 6.07) is 10.3. The van der Waals surface area contributed by atoms with Crippen LogP contribution in [-0.4, -0.2) is 47.3 Å². The van der Waals surface area contributed by atoms with Crippen LogP contribution in [0.5, 0.6) is 0 Å². The van der Waals surface area contributed by atoms with Gasteiger partial charge in [-0.2, -0.15) is 0 Å². The third-order valence-electron chi connectivity index (χ3n) is 6.74. The van der Waals surface area contributed by atoms with E-state index < -0.39 is 0 Å². The van der Waals surface area contributed by atoms with Crippen molar-refractivity contribution >= 4 is 11.8 Å². The van der Waals surface area contributed by atoms with Gasteiger partial charge in [0.05, 0.1) is 0 Å². The number of hydrogen-bond donors (Lipinski definition) is 0. The molecule has 2 heterocycles. The van der Waals surface area contributed by atoms with E-state index in [1.807, 2.05) is 0 Å². The summed E-state index contributed by atoms with van der Waals surface area (Å²) < 4.78 is 0. The number of rotatable bonds is 6. The molecule has 3 aliphatic rings. The van der Waals surface area contributed by atoms with Gasteiger partial charge in [0.25, 0.3) is 0 Å². The number of hydrogen-bond acceptors (Lipinski definition) is 3. The van der Waals surface area contributed by atoms with Crippen molar-refractivity contribution in [2.75, 3.05) is 26.2 Å². The van der Waals surface area contributed by atoms with Gasteiger partial charge < -0.3 is 4.90 Å². The molecule has 0 N–H and O–H groups in total. The first-order valence-corrected chi connectivity index (χ1v) is 11.9. The molecule has 0 radical (unpaired) electrons. The molecule has 0 aromatic heterocycles. The van der Waals surface area contributed by atoms with E-state index in [0.29, 0.717) is 0 Å². The number of benzene rings is 1. The van der Waals surface area contributed by atoms with E-state index in [4.69, 9.17) is 0 Å². The molecule has 0 bridgehead atoms. The first-order chi connectivity index (χ1) is 12.8. The van der Waals surface area contributed by atoms with Crippen molar-refractivity contribution in [1.29, 1.82) is 0 Å². The summed E-state index contributed by atoms with van der Waals surface area (Å²) in [6.45, 7) is 8.80. The standard InChI is InChI=1S/C23H36N2S/c1-19-6-10-22(11-7-19)26-23-12-8-20(9-13-23)17-25-16-4-5-21(25)18-24-14-2-3-15-24/h8-9,12-13,19,21-22H,2-7,10-11,14-18H2,1H3/t19?,21-,22?/m0/s1. The maximum atomic E-state index is 2.74. The largest absolute Gasteiger partial charge is 0.302 e. The molecule has 2 saturated heterocycles. The Morgan fingerprint density at radius 2 is 1.62 bits per heavy atom. The fourth-order valence-corrected chi connectivity index (χ4v) is 6.21. The molecular formula is C23H36N2S. The Morgan fingerprint density at radius 3 is 2.35 bits per heavy atom. The van der Waals surface area contributed by atoms with Crippen molar-refractivity contribution in [2.45, 2.75) is 81.0 Å². The van der Waals surface area contributed by atoms with E-state index in [2.05, 4.69) is 52.8 Å². The summed E-state index contributed by atoms with van der Waals surface area (Å²) in [5.41, 5.74) is 1.50. The molecule has 1 atom stereocenters. The van der Waals surface area contributed by atoms with Crippen molar-refractivity contribution in [3.8, 4) is 0 Å². The molecule has 1 aromatic carbocycles. The van der Waals surface area contributed by atoms with Gasteiger partial charge in [0.15, 0.2) is 0 Å². The molecule has 0 amide bonds. The van der Waals surface area contributed by atoms with E-state index in [9.17, 15) is 0 Å². The summed E-state index contributed by atoms with van der Waals surface area (Å²) in [4.78, 5) is 6.90. The molecule has 1 saturated carbocycles. The van der Waals surface area contributed by atoms with Gasteiger partial charge in [-0.05, 0) is 94.6 Å². The van der Waals surface area contributed by atoms with Crippen LogP contribution in [0.3, 0.4) is 0 Å². The zero-order chi connectivity index (χ0) is 17.8. The predicted octanol–water partition coefficient (Wildman–Crippen LogP) is 5.42. The van der Waals surface area contributed by atoms with E-state index in [0.717, 1.165) is 23.8 Å². The molecule has 1 aliphatic carbocycles. The molecule has 144 valence electrons. The molecular weight excluding hydrogens is 336 g/mol. The third kappa shape index (κ3) is 5.05. The Morgan fingerprint density at radius 1 is 0.885 bits per heavy atom. The highest BCUT2D eigenvalue weighted by molar-refractivity contribution is 8.00. The minimum absolute atomic E-state index is 0.784. The fourth-order valence-electron chi connectivity index (χ4n) is 5.02. The van der Waals surface area contributed by atoms with Gasteiger partial charge in [-0.3, -0.25) is 4.90 Å². The van der Waals surface area contributed by atoms with Crippen LogP contribution in [0.1, 0.15) is 63.9 Å². The second-order valence-corrected chi connectivity index (χ2v) is 10.3. The Bertz CT molecular complexity index is 544. The first-order valence-electron chi connectivity index (χ1n) is 11.0. The van der Waals surface area contributed by atoms with Crippen molar-refractivity contribution in [1.82, 2.24) is 9.80 Å². The SMILES string of the molecule is CC1CCC(Sc2ccc(CN3CCC[C@H]3CN3CCCC3)cc2)CC1. The van der Waals surface area contributed by atoms with Gasteiger partial charge in [-0.15, -0.1) is 11.8 Å². The number of nitrogens with zero attached hydrogens (tertiary/aromatic N) is 2. The van der Waals surface area contributed by atoms with Crippen molar-refractivity contribution < 1.29 is 0 Å². The van der Waals surface area contributed by atoms with Gasteiger partial charge in [0.2, 0.25) is 0 Å². The van der Waals surface area contributed by atoms with Crippen molar-refractivity contribution in [3.05, 3.63) is 29.8 Å². The lowest BCUT2D eigenvalue weighted by Crippen LogP contribution is -2.38. The molecule has 0 spiro atoms. The lowest BCUT2D eigenvalue weighted by atomic mass is 9.91. The first kappa shape index (κ1) is 18.8. The lowest BCUT2D eigenvalue weighted by molar-refractivity contribution is 0.185. The van der Waals surface area contributed by atoms with Crippen molar-refractivity contribution in [3.63, 3.8) is 0 Å². The quantitative estimate of drug-likeness (QED) is 0.658. The Kier molecular flexibility index (Phi) is 6.61. The molecule has 2 nitrogen and oxygen atoms in total. The van der Waals surface area contributed by atoms with Crippen LogP contribution < -0.4 is 0 Å². The van der Waals surface area contributed by atoms with Crippen LogP contribution >= 0.6 is 11.8 Å². The van der Waals surface area contributed by atoms with Crippen LogP contribution in [0, 0.1) is 5.92 Å². The average Bonchev–Trinajstić information content (AvgIpc) is 3.32. The van der Waals surface area contributed by atoms with Gasteiger partial charge >= 0.3 is 0 Å². The third-order valence-corrected chi connectivity index (χ3v) is 8.09. The van der Waals surface area contributed by atoms with E-state index >= 15 is 0 Å². The summed E-state index contributed by atoms with van der Waals surface area (Å²) in [7, 11) is 0. The normalized spacial score (nSPS) is 30.9. The topological polar surface area (TPSA) is 6.48 Å².